The molecule has 2 aromatic rings. The normalized spacial score (nSPS) is 13.4. The van der Waals surface area contributed by atoms with Gasteiger partial charge in [0, 0.05) is 25.5 Å². The van der Waals surface area contributed by atoms with Crippen LogP contribution in [0, 0.1) is 0 Å². The van der Waals surface area contributed by atoms with E-state index in [1.807, 2.05) is 13.1 Å². The molecule has 2 heterocycles. The predicted octanol–water partition coefficient (Wildman–Crippen LogP) is 2.29. The first-order valence-electron chi connectivity index (χ1n) is 6.38. The second kappa shape index (κ2) is 4.98. The quantitative estimate of drug-likeness (QED) is 0.943. The minimum absolute atomic E-state index is 0.606. The van der Waals surface area contributed by atoms with Gasteiger partial charge in [-0.15, -0.1) is 0 Å². The largest absolute Gasteiger partial charge is 0.493 e. The Morgan fingerprint density at radius 3 is 3.11 bits per heavy atom. The van der Waals surface area contributed by atoms with E-state index in [0.29, 0.717) is 6.54 Å². The maximum Gasteiger partial charge on any atom is 0.132 e. The lowest BCUT2D eigenvalue weighted by Crippen LogP contribution is -2.08. The van der Waals surface area contributed by atoms with E-state index < -0.39 is 0 Å². The van der Waals surface area contributed by atoms with Gasteiger partial charge in [-0.25, -0.2) is 4.98 Å². The lowest BCUT2D eigenvalue weighted by atomic mass is 10.1. The monoisotopic (exact) mass is 321 g/mol. The van der Waals surface area contributed by atoms with Crippen LogP contribution in [0.25, 0.3) is 11.3 Å². The highest BCUT2D eigenvalue weighted by Crippen LogP contribution is 2.34. The molecule has 19 heavy (non-hydrogen) atoms. The summed E-state index contributed by atoms with van der Waals surface area (Å²) in [5.74, 6) is 2.00. The molecule has 100 valence electrons. The summed E-state index contributed by atoms with van der Waals surface area (Å²) in [7, 11) is 2.03. The van der Waals surface area contributed by atoms with Gasteiger partial charge in [-0.2, -0.15) is 0 Å². The van der Waals surface area contributed by atoms with Crippen LogP contribution in [-0.4, -0.2) is 22.7 Å². The maximum absolute atomic E-state index is 5.62. The topological polar surface area (TPSA) is 53.1 Å². The number of hydrogen-bond acceptors (Lipinski definition) is 3. The second-order valence-corrected chi connectivity index (χ2v) is 5.44. The van der Waals surface area contributed by atoms with Crippen LogP contribution in [0.1, 0.15) is 11.4 Å². The molecule has 0 unspecified atom stereocenters. The van der Waals surface area contributed by atoms with E-state index in [1.54, 1.807) is 0 Å². The van der Waals surface area contributed by atoms with E-state index in [2.05, 4.69) is 37.6 Å². The van der Waals surface area contributed by atoms with Gasteiger partial charge in [0.1, 0.15) is 16.2 Å². The van der Waals surface area contributed by atoms with Gasteiger partial charge in [0.15, 0.2) is 0 Å². The standard InChI is InChI=1S/C14H16BrN3O/c1-18-12(4-6-16)17-14(15)13(18)10-2-3-11-9(8-10)5-7-19-11/h2-3,8H,4-7,16H2,1H3. The third-order valence-electron chi connectivity index (χ3n) is 3.48. The Bertz CT molecular complexity index is 621. The Balaban J connectivity index is 2.07. The molecule has 0 spiro atoms. The molecule has 1 aromatic carbocycles. The predicted molar refractivity (Wildman–Crippen MR) is 78.3 cm³/mol. The zero-order valence-corrected chi connectivity index (χ0v) is 12.4. The molecule has 5 heteroatoms. The van der Waals surface area contributed by atoms with Gasteiger partial charge in [0.2, 0.25) is 0 Å². The maximum atomic E-state index is 5.62. The minimum atomic E-state index is 0.606. The van der Waals surface area contributed by atoms with E-state index in [9.17, 15) is 0 Å². The summed E-state index contributed by atoms with van der Waals surface area (Å²) in [4.78, 5) is 4.54. The number of ether oxygens (including phenoxy) is 1. The number of aromatic nitrogens is 2. The number of imidazole rings is 1. The summed E-state index contributed by atoms with van der Waals surface area (Å²) in [6, 6.07) is 6.31. The first-order valence-corrected chi connectivity index (χ1v) is 7.17. The van der Waals surface area contributed by atoms with Gasteiger partial charge in [-0.3, -0.25) is 0 Å². The molecule has 0 amide bonds. The molecule has 0 saturated carbocycles. The van der Waals surface area contributed by atoms with Crippen molar-refractivity contribution in [2.75, 3.05) is 13.2 Å². The summed E-state index contributed by atoms with van der Waals surface area (Å²) >= 11 is 3.55. The molecule has 2 N–H and O–H groups in total. The van der Waals surface area contributed by atoms with Crippen molar-refractivity contribution in [3.8, 4) is 17.0 Å². The Hall–Kier alpha value is -1.33. The minimum Gasteiger partial charge on any atom is -0.493 e. The lowest BCUT2D eigenvalue weighted by Gasteiger charge is -2.07. The van der Waals surface area contributed by atoms with Gasteiger partial charge in [-0.1, -0.05) is 0 Å². The molecule has 3 rings (SSSR count). The molecule has 0 atom stereocenters. The summed E-state index contributed by atoms with van der Waals surface area (Å²) in [6.45, 7) is 1.39. The van der Waals surface area contributed by atoms with Crippen LogP contribution in [0.5, 0.6) is 5.75 Å². The Kier molecular flexibility index (Phi) is 3.33. The van der Waals surface area contributed by atoms with Crippen LogP contribution in [0.15, 0.2) is 22.8 Å². The van der Waals surface area contributed by atoms with Crippen LogP contribution >= 0.6 is 15.9 Å². The third kappa shape index (κ3) is 2.17. The fraction of sp³-hybridized carbons (Fsp3) is 0.357. The molecule has 1 aliphatic heterocycles. The highest BCUT2D eigenvalue weighted by Gasteiger charge is 2.17. The summed E-state index contributed by atoms with van der Waals surface area (Å²) in [6.07, 6.45) is 1.76. The van der Waals surface area contributed by atoms with Crippen molar-refractivity contribution in [3.05, 3.63) is 34.2 Å². The van der Waals surface area contributed by atoms with Gasteiger partial charge in [-0.05, 0) is 46.2 Å². The summed E-state index contributed by atoms with van der Waals surface area (Å²) in [5.41, 5.74) is 9.14. The van der Waals surface area contributed by atoms with Gasteiger partial charge in [0.05, 0.1) is 12.3 Å². The molecule has 0 bridgehead atoms. The number of nitrogens with zero attached hydrogens (tertiary/aromatic N) is 2. The first kappa shape index (κ1) is 12.7. The number of nitrogens with two attached hydrogens (primary N) is 1. The summed E-state index contributed by atoms with van der Waals surface area (Å²) < 4.78 is 8.52. The second-order valence-electron chi connectivity index (χ2n) is 4.69. The van der Waals surface area contributed by atoms with E-state index in [-0.39, 0.29) is 0 Å². The fourth-order valence-corrected chi connectivity index (χ4v) is 3.21. The molecule has 1 aliphatic rings. The third-order valence-corrected chi connectivity index (χ3v) is 4.03. The van der Waals surface area contributed by atoms with Crippen molar-refractivity contribution in [1.82, 2.24) is 9.55 Å². The van der Waals surface area contributed by atoms with Crippen LogP contribution in [0.3, 0.4) is 0 Å². The lowest BCUT2D eigenvalue weighted by molar-refractivity contribution is 0.357. The first-order chi connectivity index (χ1) is 9.20. The number of fused-ring (bicyclic) bond motifs is 1. The van der Waals surface area contributed by atoms with Crippen LogP contribution in [0.2, 0.25) is 0 Å². The van der Waals surface area contributed by atoms with Crippen LogP contribution in [0.4, 0.5) is 0 Å². The summed E-state index contributed by atoms with van der Waals surface area (Å²) in [5, 5.41) is 0. The van der Waals surface area contributed by atoms with Crippen molar-refractivity contribution in [2.45, 2.75) is 12.8 Å². The van der Waals surface area contributed by atoms with E-state index >= 15 is 0 Å². The molecule has 0 fully saturated rings. The van der Waals surface area contributed by atoms with Gasteiger partial charge < -0.3 is 15.0 Å². The van der Waals surface area contributed by atoms with Crippen molar-refractivity contribution in [1.29, 1.82) is 0 Å². The van der Waals surface area contributed by atoms with E-state index in [4.69, 9.17) is 10.5 Å². The molecule has 0 aliphatic carbocycles. The number of hydrogen-bond donors (Lipinski definition) is 1. The molecule has 0 saturated heterocycles. The van der Waals surface area contributed by atoms with Crippen molar-refractivity contribution < 1.29 is 4.74 Å². The Morgan fingerprint density at radius 1 is 1.47 bits per heavy atom. The number of rotatable bonds is 3. The molecule has 0 radical (unpaired) electrons. The molecule has 1 aromatic heterocycles. The Morgan fingerprint density at radius 2 is 2.32 bits per heavy atom. The molecular formula is C14H16BrN3O. The average Bonchev–Trinajstić information content (AvgIpc) is 2.95. The van der Waals surface area contributed by atoms with Crippen molar-refractivity contribution in [3.63, 3.8) is 0 Å². The van der Waals surface area contributed by atoms with Gasteiger partial charge >= 0.3 is 0 Å². The van der Waals surface area contributed by atoms with Crippen LogP contribution in [-0.2, 0) is 19.9 Å². The number of benzene rings is 1. The smallest absolute Gasteiger partial charge is 0.132 e. The molecular weight excluding hydrogens is 306 g/mol. The van der Waals surface area contributed by atoms with Crippen LogP contribution < -0.4 is 10.5 Å². The zero-order valence-electron chi connectivity index (χ0n) is 10.8. The fourth-order valence-electron chi connectivity index (χ4n) is 2.51. The number of halogens is 1. The molecule has 4 nitrogen and oxygen atoms in total. The van der Waals surface area contributed by atoms with Crippen molar-refractivity contribution in [2.24, 2.45) is 12.8 Å². The van der Waals surface area contributed by atoms with E-state index in [1.165, 1.54) is 5.56 Å². The SMILES string of the molecule is Cn1c(CCN)nc(Br)c1-c1ccc2c(c1)CCO2. The zero-order chi connectivity index (χ0) is 13.4. The highest BCUT2D eigenvalue weighted by molar-refractivity contribution is 9.10. The van der Waals surface area contributed by atoms with Gasteiger partial charge in [0.25, 0.3) is 0 Å². The highest BCUT2D eigenvalue weighted by atomic mass is 79.9. The Labute approximate surface area is 120 Å². The van der Waals surface area contributed by atoms with E-state index in [0.717, 1.165) is 46.9 Å². The van der Waals surface area contributed by atoms with Crippen molar-refractivity contribution >= 4 is 15.9 Å². The average molecular weight is 322 g/mol.